The van der Waals surface area contributed by atoms with Crippen molar-refractivity contribution < 1.29 is 9.72 Å². The number of carbonyl (C=O) groups is 1. The molecule has 0 fully saturated rings. The molecule has 0 atom stereocenters. The van der Waals surface area contributed by atoms with Crippen LogP contribution in [0.15, 0.2) is 46.5 Å². The number of hydrogen-bond donors (Lipinski definition) is 1. The first-order chi connectivity index (χ1) is 9.49. The minimum absolute atomic E-state index is 0.0486. The lowest BCUT2D eigenvalue weighted by atomic mass is 10.2. The second-order valence-electron chi connectivity index (χ2n) is 4.04. The largest absolute Gasteiger partial charge is 0.366 e. The molecule has 0 spiro atoms. The van der Waals surface area contributed by atoms with Crippen LogP contribution in [0.25, 0.3) is 0 Å². The van der Waals surface area contributed by atoms with Gasteiger partial charge in [-0.05, 0) is 18.6 Å². The maximum Gasteiger partial charge on any atom is 0.288 e. The van der Waals surface area contributed by atoms with Crippen molar-refractivity contribution in [1.29, 1.82) is 0 Å². The van der Waals surface area contributed by atoms with Gasteiger partial charge in [0.2, 0.25) is 0 Å². The average molecular weight is 289 g/mol. The lowest BCUT2D eigenvalue weighted by molar-refractivity contribution is -0.385. The van der Waals surface area contributed by atoms with Gasteiger partial charge >= 0.3 is 0 Å². The van der Waals surface area contributed by atoms with Gasteiger partial charge in [0.05, 0.1) is 10.5 Å². The van der Waals surface area contributed by atoms with Gasteiger partial charge in [-0.25, -0.2) is 4.98 Å². The van der Waals surface area contributed by atoms with E-state index in [1.165, 1.54) is 11.8 Å². The molecule has 102 valence electrons. The first kappa shape index (κ1) is 14.0. The molecule has 0 aliphatic heterocycles. The van der Waals surface area contributed by atoms with Crippen molar-refractivity contribution in [3.8, 4) is 0 Å². The highest BCUT2D eigenvalue weighted by molar-refractivity contribution is 7.99. The van der Waals surface area contributed by atoms with Gasteiger partial charge in [-0.3, -0.25) is 14.9 Å². The minimum Gasteiger partial charge on any atom is -0.366 e. The number of nitrogens with two attached hydrogens (primary N) is 1. The number of pyridine rings is 1. The molecular weight excluding hydrogens is 278 g/mol. The molecule has 0 radical (unpaired) electrons. The summed E-state index contributed by atoms with van der Waals surface area (Å²) in [6.45, 7) is 1.93. The van der Waals surface area contributed by atoms with Crippen molar-refractivity contribution in [1.82, 2.24) is 4.98 Å². The Morgan fingerprint density at radius 3 is 2.70 bits per heavy atom. The first-order valence-electron chi connectivity index (χ1n) is 5.66. The summed E-state index contributed by atoms with van der Waals surface area (Å²) in [5.74, 6) is -0.739. The zero-order valence-electron chi connectivity index (χ0n) is 10.6. The number of hydrogen-bond acceptors (Lipinski definition) is 5. The molecule has 6 nitrogen and oxygen atoms in total. The van der Waals surface area contributed by atoms with Gasteiger partial charge in [-0.1, -0.05) is 30.0 Å². The molecule has 0 aliphatic rings. The molecule has 7 heteroatoms. The van der Waals surface area contributed by atoms with Crippen molar-refractivity contribution in [2.75, 3.05) is 0 Å². The minimum atomic E-state index is -0.739. The van der Waals surface area contributed by atoms with E-state index in [1.54, 1.807) is 0 Å². The molecule has 0 saturated carbocycles. The van der Waals surface area contributed by atoms with E-state index < -0.39 is 10.8 Å². The topological polar surface area (TPSA) is 99.1 Å². The summed E-state index contributed by atoms with van der Waals surface area (Å²) in [5.41, 5.74) is 6.07. The zero-order valence-corrected chi connectivity index (χ0v) is 11.4. The van der Waals surface area contributed by atoms with Crippen LogP contribution in [-0.4, -0.2) is 15.8 Å². The smallest absolute Gasteiger partial charge is 0.288 e. The highest BCUT2D eigenvalue weighted by Gasteiger charge is 2.17. The Balaban J connectivity index is 2.44. The Bertz CT molecular complexity index is 688. The summed E-state index contributed by atoms with van der Waals surface area (Å²) < 4.78 is 0. The third-order valence-corrected chi connectivity index (χ3v) is 3.81. The van der Waals surface area contributed by atoms with E-state index in [1.807, 2.05) is 31.2 Å². The van der Waals surface area contributed by atoms with Crippen molar-refractivity contribution in [3.05, 3.63) is 57.8 Å². The summed E-state index contributed by atoms with van der Waals surface area (Å²) >= 11 is 1.26. The second kappa shape index (κ2) is 5.70. The van der Waals surface area contributed by atoms with Gasteiger partial charge in [0.1, 0.15) is 11.2 Å². The lowest BCUT2D eigenvalue weighted by Crippen LogP contribution is -2.13. The van der Waals surface area contributed by atoms with Gasteiger partial charge in [-0.15, -0.1) is 0 Å². The molecule has 2 rings (SSSR count). The fourth-order valence-corrected chi connectivity index (χ4v) is 2.53. The van der Waals surface area contributed by atoms with E-state index in [0.29, 0.717) is 5.03 Å². The van der Waals surface area contributed by atoms with Crippen LogP contribution in [0.3, 0.4) is 0 Å². The van der Waals surface area contributed by atoms with Gasteiger partial charge in [0.15, 0.2) is 0 Å². The maximum absolute atomic E-state index is 11.4. The summed E-state index contributed by atoms with van der Waals surface area (Å²) in [6, 6.07) is 8.73. The Hall–Kier alpha value is -2.41. The third kappa shape index (κ3) is 2.94. The van der Waals surface area contributed by atoms with Crippen molar-refractivity contribution >= 4 is 23.4 Å². The standard InChI is InChI=1S/C13H11N3O3S/c1-8-4-2-3-5-11(8)20-13-10(12(14)17)6-9(7-15-13)16(18)19/h2-7H,1H3,(H2,14,17). The molecule has 20 heavy (non-hydrogen) atoms. The molecule has 0 bridgehead atoms. The normalized spacial score (nSPS) is 10.2. The van der Waals surface area contributed by atoms with Crippen LogP contribution >= 0.6 is 11.8 Å². The molecule has 2 aromatic rings. The number of rotatable bonds is 4. The Morgan fingerprint density at radius 2 is 2.10 bits per heavy atom. The molecule has 1 aromatic heterocycles. The predicted molar refractivity (Wildman–Crippen MR) is 74.7 cm³/mol. The van der Waals surface area contributed by atoms with Crippen molar-refractivity contribution in [2.24, 2.45) is 5.73 Å². The molecule has 0 aliphatic carbocycles. The Morgan fingerprint density at radius 1 is 1.40 bits per heavy atom. The van der Waals surface area contributed by atoms with E-state index in [9.17, 15) is 14.9 Å². The lowest BCUT2D eigenvalue weighted by Gasteiger charge is -2.07. The number of amides is 1. The van der Waals surface area contributed by atoms with E-state index in [4.69, 9.17) is 5.73 Å². The van der Waals surface area contributed by atoms with Gasteiger partial charge < -0.3 is 5.73 Å². The van der Waals surface area contributed by atoms with Crippen LogP contribution in [0.4, 0.5) is 5.69 Å². The zero-order chi connectivity index (χ0) is 14.7. The quantitative estimate of drug-likeness (QED) is 0.688. The predicted octanol–water partition coefficient (Wildman–Crippen LogP) is 2.55. The summed E-state index contributed by atoms with van der Waals surface area (Å²) in [7, 11) is 0. The Kier molecular flexibility index (Phi) is 3.99. The summed E-state index contributed by atoms with van der Waals surface area (Å²) in [6.07, 6.45) is 1.12. The van der Waals surface area contributed by atoms with Gasteiger partial charge in [0.25, 0.3) is 11.6 Å². The Labute approximate surface area is 119 Å². The maximum atomic E-state index is 11.4. The van der Waals surface area contributed by atoms with Crippen molar-refractivity contribution in [2.45, 2.75) is 16.8 Å². The van der Waals surface area contributed by atoms with E-state index >= 15 is 0 Å². The van der Waals surface area contributed by atoms with Gasteiger partial charge in [-0.2, -0.15) is 0 Å². The van der Waals surface area contributed by atoms with E-state index in [0.717, 1.165) is 22.7 Å². The number of aromatic nitrogens is 1. The molecule has 0 saturated heterocycles. The molecule has 1 amide bonds. The molecule has 1 heterocycles. The van der Waals surface area contributed by atoms with Crippen LogP contribution in [-0.2, 0) is 0 Å². The van der Waals surface area contributed by atoms with Crippen molar-refractivity contribution in [3.63, 3.8) is 0 Å². The molecular formula is C13H11N3O3S. The number of aryl methyl sites for hydroxylation is 1. The molecule has 0 unspecified atom stereocenters. The highest BCUT2D eigenvalue weighted by Crippen LogP contribution is 2.32. The second-order valence-corrected chi connectivity index (χ2v) is 5.07. The summed E-state index contributed by atoms with van der Waals surface area (Å²) in [5, 5.41) is 11.1. The monoisotopic (exact) mass is 289 g/mol. The van der Waals surface area contributed by atoms with Crippen LogP contribution in [0, 0.1) is 17.0 Å². The van der Waals surface area contributed by atoms with Crippen LogP contribution in [0.2, 0.25) is 0 Å². The number of benzene rings is 1. The van der Waals surface area contributed by atoms with E-state index in [-0.39, 0.29) is 11.3 Å². The fraction of sp³-hybridized carbons (Fsp3) is 0.0769. The first-order valence-corrected chi connectivity index (χ1v) is 6.48. The molecule has 2 N–H and O–H groups in total. The van der Waals surface area contributed by atoms with Crippen LogP contribution in [0.5, 0.6) is 0 Å². The summed E-state index contributed by atoms with van der Waals surface area (Å²) in [4.78, 5) is 26.4. The highest BCUT2D eigenvalue weighted by atomic mass is 32.2. The van der Waals surface area contributed by atoms with Gasteiger partial charge in [0, 0.05) is 11.0 Å². The molecule has 1 aromatic carbocycles. The number of primary amides is 1. The van der Waals surface area contributed by atoms with E-state index in [2.05, 4.69) is 4.98 Å². The average Bonchev–Trinajstić information content (AvgIpc) is 2.41. The number of carbonyl (C=O) groups excluding carboxylic acids is 1. The fourth-order valence-electron chi connectivity index (χ4n) is 1.57. The number of nitro groups is 1. The number of nitrogens with zero attached hydrogens (tertiary/aromatic N) is 2. The third-order valence-electron chi connectivity index (χ3n) is 2.61. The van der Waals surface area contributed by atoms with Crippen LogP contribution in [0.1, 0.15) is 15.9 Å². The van der Waals surface area contributed by atoms with Crippen LogP contribution < -0.4 is 5.73 Å². The SMILES string of the molecule is Cc1ccccc1Sc1ncc([N+](=O)[O-])cc1C(N)=O.